The Morgan fingerprint density at radius 1 is 1.32 bits per heavy atom. The number of carbonyl (C=O) groups is 1. The summed E-state index contributed by atoms with van der Waals surface area (Å²) in [5.41, 5.74) is 2.29. The highest BCUT2D eigenvalue weighted by molar-refractivity contribution is 7.80. The number of hydrogen-bond donors (Lipinski definition) is 2. The highest BCUT2D eigenvalue weighted by Crippen LogP contribution is 2.35. The van der Waals surface area contributed by atoms with Crippen LogP contribution in [0.15, 0.2) is 18.2 Å². The monoisotopic (exact) mass is 378 g/mol. The number of esters is 1. The summed E-state index contributed by atoms with van der Waals surface area (Å²) < 4.78 is 15.6. The van der Waals surface area contributed by atoms with Crippen molar-refractivity contribution in [3.8, 4) is 11.5 Å². The predicted molar refractivity (Wildman–Crippen MR) is 102 cm³/mol. The fourth-order valence-electron chi connectivity index (χ4n) is 2.65. The fraction of sp³-hybridized carbons (Fsp3) is 0.294. The second kappa shape index (κ2) is 7.28. The zero-order valence-electron chi connectivity index (χ0n) is 14.1. The van der Waals surface area contributed by atoms with Gasteiger partial charge >= 0.3 is 5.97 Å². The fourth-order valence-corrected chi connectivity index (χ4v) is 4.07. The first-order valence-corrected chi connectivity index (χ1v) is 8.94. The molecule has 0 aliphatic carbocycles. The number of carbonyl (C=O) groups excluding carboxylic acids is 1. The van der Waals surface area contributed by atoms with Gasteiger partial charge in [-0.2, -0.15) is 0 Å². The number of rotatable bonds is 4. The first kappa shape index (κ1) is 17.5. The Hall–Kier alpha value is -2.32. The summed E-state index contributed by atoms with van der Waals surface area (Å²) in [5.74, 6) is 1.01. The average molecular weight is 378 g/mol. The molecule has 8 heteroatoms. The number of thiophene rings is 1. The minimum absolute atomic E-state index is 0.220. The van der Waals surface area contributed by atoms with Crippen LogP contribution < -0.4 is 20.1 Å². The summed E-state index contributed by atoms with van der Waals surface area (Å²) in [6, 6.07) is 5.48. The van der Waals surface area contributed by atoms with Gasteiger partial charge in [0.1, 0.15) is 5.00 Å². The van der Waals surface area contributed by atoms with Gasteiger partial charge in [-0.1, -0.05) is 6.92 Å². The lowest BCUT2D eigenvalue weighted by molar-refractivity contribution is 0.0601. The Morgan fingerprint density at radius 2 is 2.08 bits per heavy atom. The second-order valence-corrected chi connectivity index (χ2v) is 6.97. The normalized spacial score (nSPS) is 12.0. The van der Waals surface area contributed by atoms with E-state index in [1.54, 1.807) is 0 Å². The van der Waals surface area contributed by atoms with E-state index in [9.17, 15) is 4.79 Å². The molecule has 25 heavy (non-hydrogen) atoms. The molecule has 0 saturated carbocycles. The van der Waals surface area contributed by atoms with Gasteiger partial charge < -0.3 is 24.8 Å². The second-order valence-electron chi connectivity index (χ2n) is 5.33. The van der Waals surface area contributed by atoms with Gasteiger partial charge in [-0.15, -0.1) is 11.3 Å². The summed E-state index contributed by atoms with van der Waals surface area (Å²) in [6.45, 7) is 4.21. The summed E-state index contributed by atoms with van der Waals surface area (Å²) in [4.78, 5) is 13.2. The molecule has 0 unspecified atom stereocenters. The van der Waals surface area contributed by atoms with Gasteiger partial charge in [0.25, 0.3) is 0 Å². The molecule has 0 atom stereocenters. The van der Waals surface area contributed by atoms with E-state index in [1.807, 2.05) is 32.0 Å². The van der Waals surface area contributed by atoms with Crippen LogP contribution in [0.4, 0.5) is 10.7 Å². The van der Waals surface area contributed by atoms with Crippen LogP contribution in [0.2, 0.25) is 0 Å². The molecule has 1 aliphatic heterocycles. The van der Waals surface area contributed by atoms with Gasteiger partial charge in [0, 0.05) is 16.6 Å². The first-order valence-electron chi connectivity index (χ1n) is 7.71. The van der Waals surface area contributed by atoms with Gasteiger partial charge in [0.2, 0.25) is 6.79 Å². The van der Waals surface area contributed by atoms with Crippen molar-refractivity contribution in [3.05, 3.63) is 34.2 Å². The summed E-state index contributed by atoms with van der Waals surface area (Å²) in [7, 11) is 1.38. The van der Waals surface area contributed by atoms with Crippen molar-refractivity contribution in [2.45, 2.75) is 20.3 Å². The third-order valence-electron chi connectivity index (χ3n) is 3.81. The van der Waals surface area contributed by atoms with Crippen molar-refractivity contribution in [2.75, 3.05) is 24.5 Å². The Labute approximate surface area is 155 Å². The van der Waals surface area contributed by atoms with E-state index in [-0.39, 0.29) is 12.8 Å². The molecule has 0 saturated heterocycles. The van der Waals surface area contributed by atoms with Crippen molar-refractivity contribution in [1.29, 1.82) is 0 Å². The van der Waals surface area contributed by atoms with E-state index in [0.29, 0.717) is 27.2 Å². The summed E-state index contributed by atoms with van der Waals surface area (Å²) in [5, 5.41) is 7.26. The highest BCUT2D eigenvalue weighted by Gasteiger charge is 2.22. The predicted octanol–water partition coefficient (Wildman–Crippen LogP) is 3.94. The molecule has 0 radical (unpaired) electrons. The quantitative estimate of drug-likeness (QED) is 0.617. The number of nitrogens with one attached hydrogen (secondary N) is 2. The number of hydrogen-bond acceptors (Lipinski definition) is 6. The van der Waals surface area contributed by atoms with Gasteiger partial charge in [-0.25, -0.2) is 4.79 Å². The zero-order chi connectivity index (χ0) is 18.0. The zero-order valence-corrected chi connectivity index (χ0v) is 15.7. The molecule has 0 amide bonds. The number of aryl methyl sites for hydroxylation is 1. The van der Waals surface area contributed by atoms with Gasteiger partial charge in [-0.05, 0) is 43.3 Å². The topological polar surface area (TPSA) is 68.8 Å². The van der Waals surface area contributed by atoms with E-state index in [0.717, 1.165) is 22.5 Å². The molecule has 1 aromatic carbocycles. The Morgan fingerprint density at radius 3 is 2.80 bits per heavy atom. The number of benzene rings is 1. The molecule has 1 aromatic heterocycles. The molecular formula is C17H18N2O4S2. The van der Waals surface area contributed by atoms with Crippen LogP contribution in [-0.4, -0.2) is 25.0 Å². The molecule has 2 N–H and O–H groups in total. The van der Waals surface area contributed by atoms with Crippen molar-refractivity contribution < 1.29 is 19.0 Å². The molecule has 0 spiro atoms. The highest BCUT2D eigenvalue weighted by atomic mass is 32.1. The van der Waals surface area contributed by atoms with Crippen LogP contribution >= 0.6 is 23.6 Å². The lowest BCUT2D eigenvalue weighted by Gasteiger charge is -2.11. The molecule has 0 fully saturated rings. The van der Waals surface area contributed by atoms with E-state index in [2.05, 4.69) is 10.6 Å². The molecule has 2 aromatic rings. The minimum atomic E-state index is -0.366. The average Bonchev–Trinajstić information content (AvgIpc) is 3.17. The maximum atomic E-state index is 12.1. The maximum Gasteiger partial charge on any atom is 0.341 e. The van der Waals surface area contributed by atoms with E-state index >= 15 is 0 Å². The Kier molecular flexibility index (Phi) is 5.10. The van der Waals surface area contributed by atoms with E-state index in [1.165, 1.54) is 18.4 Å². The third-order valence-corrected chi connectivity index (χ3v) is 5.08. The van der Waals surface area contributed by atoms with Crippen LogP contribution in [0.5, 0.6) is 11.5 Å². The molecule has 3 rings (SSSR count). The SMILES string of the molecule is CCc1c(C)sc(NC(=S)Nc2ccc3c(c2)OCO3)c1C(=O)OC. The van der Waals surface area contributed by atoms with E-state index < -0.39 is 0 Å². The number of ether oxygens (including phenoxy) is 3. The maximum absolute atomic E-state index is 12.1. The van der Waals surface area contributed by atoms with Crippen molar-refractivity contribution in [1.82, 2.24) is 0 Å². The smallest absolute Gasteiger partial charge is 0.341 e. The summed E-state index contributed by atoms with van der Waals surface area (Å²) in [6.07, 6.45) is 0.747. The van der Waals surface area contributed by atoms with E-state index in [4.69, 9.17) is 26.4 Å². The third kappa shape index (κ3) is 3.54. The van der Waals surface area contributed by atoms with Crippen molar-refractivity contribution >= 4 is 45.3 Å². The Balaban J connectivity index is 1.78. The molecule has 0 bridgehead atoms. The minimum Gasteiger partial charge on any atom is -0.465 e. The van der Waals surface area contributed by atoms with Crippen LogP contribution in [0.25, 0.3) is 0 Å². The summed E-state index contributed by atoms with van der Waals surface area (Å²) >= 11 is 6.86. The lowest BCUT2D eigenvalue weighted by atomic mass is 10.1. The van der Waals surface area contributed by atoms with Crippen molar-refractivity contribution in [2.24, 2.45) is 0 Å². The largest absolute Gasteiger partial charge is 0.465 e. The van der Waals surface area contributed by atoms with Crippen LogP contribution in [0.3, 0.4) is 0 Å². The number of methoxy groups -OCH3 is 1. The molecular weight excluding hydrogens is 360 g/mol. The molecule has 2 heterocycles. The van der Waals surface area contributed by atoms with Crippen LogP contribution in [-0.2, 0) is 11.2 Å². The van der Waals surface area contributed by atoms with Crippen LogP contribution in [0, 0.1) is 6.92 Å². The number of thiocarbonyl (C=S) groups is 1. The van der Waals surface area contributed by atoms with Gasteiger partial charge in [-0.3, -0.25) is 0 Å². The molecule has 132 valence electrons. The van der Waals surface area contributed by atoms with Gasteiger partial charge in [0.15, 0.2) is 16.6 Å². The number of anilines is 2. The molecule has 6 nitrogen and oxygen atoms in total. The lowest BCUT2D eigenvalue weighted by Crippen LogP contribution is -2.20. The number of fused-ring (bicyclic) bond motifs is 1. The van der Waals surface area contributed by atoms with Crippen molar-refractivity contribution in [3.63, 3.8) is 0 Å². The first-order chi connectivity index (χ1) is 12.0. The standard InChI is InChI=1S/C17H18N2O4S2/c1-4-11-9(2)25-15(14(11)16(20)21-3)19-17(24)18-10-5-6-12-13(7-10)23-8-22-12/h5-7H,4,8H2,1-3H3,(H2,18,19,24). The van der Waals surface area contributed by atoms with Gasteiger partial charge in [0.05, 0.1) is 12.7 Å². The van der Waals surface area contributed by atoms with Crippen LogP contribution in [0.1, 0.15) is 27.7 Å². The Bertz CT molecular complexity index is 832. The molecule has 1 aliphatic rings.